The maximum absolute atomic E-state index is 11.2. The molecule has 0 aliphatic carbocycles. The van der Waals surface area contributed by atoms with E-state index in [1.807, 2.05) is 30.3 Å². The topological polar surface area (TPSA) is 72.5 Å². The van der Waals surface area contributed by atoms with Crippen LogP contribution in [0.15, 0.2) is 48.7 Å². The van der Waals surface area contributed by atoms with Crippen molar-refractivity contribution in [1.29, 1.82) is 0 Å². The van der Waals surface area contributed by atoms with Gasteiger partial charge in [0.15, 0.2) is 5.11 Å². The van der Waals surface area contributed by atoms with E-state index in [2.05, 4.69) is 15.6 Å². The third-order valence-corrected chi connectivity index (χ3v) is 2.92. The van der Waals surface area contributed by atoms with Gasteiger partial charge in [-0.05, 0) is 36.8 Å². The zero-order chi connectivity index (χ0) is 16.5. The largest absolute Gasteiger partial charge is 0.487 e. The summed E-state index contributed by atoms with van der Waals surface area (Å²) in [4.78, 5) is 15.4. The molecule has 1 heterocycles. The van der Waals surface area contributed by atoms with Crippen LogP contribution in [0.2, 0.25) is 0 Å². The Hall–Kier alpha value is -2.67. The van der Waals surface area contributed by atoms with E-state index in [0.29, 0.717) is 18.2 Å². The summed E-state index contributed by atoms with van der Waals surface area (Å²) in [6.45, 7) is 2.46. The molecule has 1 amide bonds. The summed E-state index contributed by atoms with van der Waals surface area (Å²) in [5, 5.41) is 5.28. The number of alkyl carbamates (subject to hydrolysis) is 1. The van der Waals surface area contributed by atoms with Crippen LogP contribution in [0.1, 0.15) is 12.5 Å². The second kappa shape index (κ2) is 8.70. The minimum absolute atomic E-state index is 0.119. The molecule has 23 heavy (non-hydrogen) atoms. The number of hydrogen-bond donors (Lipinski definition) is 2. The van der Waals surface area contributed by atoms with E-state index in [9.17, 15) is 4.79 Å². The van der Waals surface area contributed by atoms with Crippen molar-refractivity contribution in [1.82, 2.24) is 10.3 Å². The van der Waals surface area contributed by atoms with Gasteiger partial charge in [0.05, 0.1) is 12.8 Å². The molecular formula is C16H17N3O3S. The number of amides is 1. The van der Waals surface area contributed by atoms with E-state index in [4.69, 9.17) is 21.7 Å². The molecule has 0 bridgehead atoms. The van der Waals surface area contributed by atoms with E-state index in [-0.39, 0.29) is 11.7 Å². The first-order chi connectivity index (χ1) is 11.2. The van der Waals surface area contributed by atoms with Crippen molar-refractivity contribution in [2.75, 3.05) is 11.9 Å². The van der Waals surface area contributed by atoms with Gasteiger partial charge < -0.3 is 14.8 Å². The molecule has 2 rings (SSSR count). The number of hydrogen-bond acceptors (Lipinski definition) is 5. The SMILES string of the molecule is CCOC(=O)NC(=S)Nc1ccc(OCc2ccccc2)cn1. The molecule has 2 aromatic rings. The van der Waals surface area contributed by atoms with Crippen molar-refractivity contribution in [3.8, 4) is 5.75 Å². The highest BCUT2D eigenvalue weighted by Crippen LogP contribution is 2.14. The zero-order valence-corrected chi connectivity index (χ0v) is 13.4. The van der Waals surface area contributed by atoms with Crippen LogP contribution >= 0.6 is 12.2 Å². The summed E-state index contributed by atoms with van der Waals surface area (Å²) >= 11 is 4.98. The third-order valence-electron chi connectivity index (χ3n) is 2.72. The Labute approximate surface area is 139 Å². The molecule has 0 spiro atoms. The fraction of sp³-hybridized carbons (Fsp3) is 0.188. The molecule has 0 saturated carbocycles. The maximum Gasteiger partial charge on any atom is 0.413 e. The molecule has 0 atom stereocenters. The number of ether oxygens (including phenoxy) is 2. The number of thiocarbonyl (C=S) groups is 1. The normalized spacial score (nSPS) is 9.78. The molecule has 6 nitrogen and oxygen atoms in total. The number of pyridine rings is 1. The Morgan fingerprint density at radius 2 is 2.00 bits per heavy atom. The average Bonchev–Trinajstić information content (AvgIpc) is 2.55. The van der Waals surface area contributed by atoms with Crippen LogP contribution in [0, 0.1) is 0 Å². The molecule has 0 aliphatic rings. The smallest absolute Gasteiger partial charge is 0.413 e. The van der Waals surface area contributed by atoms with E-state index in [1.54, 1.807) is 25.3 Å². The highest BCUT2D eigenvalue weighted by molar-refractivity contribution is 7.80. The highest BCUT2D eigenvalue weighted by atomic mass is 32.1. The monoisotopic (exact) mass is 331 g/mol. The molecule has 1 aromatic heterocycles. The van der Waals surface area contributed by atoms with Crippen molar-refractivity contribution < 1.29 is 14.3 Å². The molecular weight excluding hydrogens is 314 g/mol. The summed E-state index contributed by atoms with van der Waals surface area (Å²) in [5.74, 6) is 1.14. The predicted molar refractivity (Wildman–Crippen MR) is 91.4 cm³/mol. The summed E-state index contributed by atoms with van der Waals surface area (Å²) in [6, 6.07) is 13.3. The van der Waals surface area contributed by atoms with E-state index < -0.39 is 6.09 Å². The number of aromatic nitrogens is 1. The lowest BCUT2D eigenvalue weighted by atomic mass is 10.2. The summed E-state index contributed by atoms with van der Waals surface area (Å²) in [6.07, 6.45) is 0.978. The Morgan fingerprint density at radius 3 is 2.65 bits per heavy atom. The van der Waals surface area contributed by atoms with Crippen LogP contribution in [0.4, 0.5) is 10.6 Å². The summed E-state index contributed by atoms with van der Waals surface area (Å²) in [7, 11) is 0. The van der Waals surface area contributed by atoms with E-state index >= 15 is 0 Å². The number of carbonyl (C=O) groups excluding carboxylic acids is 1. The molecule has 0 fully saturated rings. The average molecular weight is 331 g/mol. The van der Waals surface area contributed by atoms with Crippen LogP contribution in [-0.2, 0) is 11.3 Å². The minimum Gasteiger partial charge on any atom is -0.487 e. The molecule has 0 unspecified atom stereocenters. The summed E-state index contributed by atoms with van der Waals surface area (Å²) < 4.78 is 10.4. The molecule has 0 aliphatic heterocycles. The fourth-order valence-corrected chi connectivity index (χ4v) is 1.88. The Balaban J connectivity index is 1.82. The van der Waals surface area contributed by atoms with Crippen molar-refractivity contribution in [3.63, 3.8) is 0 Å². The first-order valence-electron chi connectivity index (χ1n) is 7.05. The summed E-state index contributed by atoms with van der Waals surface area (Å²) in [5.41, 5.74) is 1.08. The van der Waals surface area contributed by atoms with Crippen molar-refractivity contribution >= 4 is 29.2 Å². The lowest BCUT2D eigenvalue weighted by Gasteiger charge is -2.10. The van der Waals surface area contributed by atoms with Crippen molar-refractivity contribution in [2.24, 2.45) is 0 Å². The number of carbonyl (C=O) groups is 1. The Kier molecular flexibility index (Phi) is 6.31. The lowest BCUT2D eigenvalue weighted by molar-refractivity contribution is 0.158. The van der Waals surface area contributed by atoms with Crippen molar-refractivity contribution in [3.05, 3.63) is 54.2 Å². The molecule has 120 valence electrons. The lowest BCUT2D eigenvalue weighted by Crippen LogP contribution is -2.34. The van der Waals surface area contributed by atoms with Crippen molar-refractivity contribution in [2.45, 2.75) is 13.5 Å². The van der Waals surface area contributed by atoms with Gasteiger partial charge in [0.25, 0.3) is 0 Å². The van der Waals surface area contributed by atoms with Gasteiger partial charge in [-0.1, -0.05) is 30.3 Å². The predicted octanol–water partition coefficient (Wildman–Crippen LogP) is 3.10. The van der Waals surface area contributed by atoms with Gasteiger partial charge in [0.2, 0.25) is 0 Å². The Bertz CT molecular complexity index is 647. The maximum atomic E-state index is 11.2. The third kappa shape index (κ3) is 5.91. The van der Waals surface area contributed by atoms with Crippen LogP contribution in [-0.4, -0.2) is 22.8 Å². The Morgan fingerprint density at radius 1 is 1.22 bits per heavy atom. The second-order valence-corrected chi connectivity index (χ2v) is 4.86. The minimum atomic E-state index is -0.604. The highest BCUT2D eigenvalue weighted by Gasteiger charge is 2.05. The molecule has 7 heteroatoms. The van der Waals surface area contributed by atoms with Gasteiger partial charge in [0, 0.05) is 0 Å². The van der Waals surface area contributed by atoms with E-state index in [1.165, 1.54) is 0 Å². The molecule has 0 radical (unpaired) electrons. The van der Waals surface area contributed by atoms with Gasteiger partial charge in [0.1, 0.15) is 18.2 Å². The number of rotatable bonds is 5. The van der Waals surface area contributed by atoms with E-state index in [0.717, 1.165) is 5.56 Å². The number of benzene rings is 1. The number of nitrogens with zero attached hydrogens (tertiary/aromatic N) is 1. The molecule has 0 saturated heterocycles. The molecule has 2 N–H and O–H groups in total. The van der Waals surface area contributed by atoms with Crippen LogP contribution in [0.5, 0.6) is 5.75 Å². The quantitative estimate of drug-likeness (QED) is 0.820. The van der Waals surface area contributed by atoms with Gasteiger partial charge >= 0.3 is 6.09 Å². The zero-order valence-electron chi connectivity index (χ0n) is 12.6. The first kappa shape index (κ1) is 16.7. The van der Waals surface area contributed by atoms with Gasteiger partial charge in [-0.2, -0.15) is 0 Å². The van der Waals surface area contributed by atoms with Gasteiger partial charge in [-0.15, -0.1) is 0 Å². The first-order valence-corrected chi connectivity index (χ1v) is 7.45. The number of nitrogens with one attached hydrogen (secondary N) is 2. The molecule has 1 aromatic carbocycles. The standard InChI is InChI=1S/C16H17N3O3S/c1-2-21-16(20)19-15(23)18-14-9-8-13(10-17-14)22-11-12-6-4-3-5-7-12/h3-10H,2,11H2,1H3,(H2,17,18,19,20,23). The van der Waals surface area contributed by atoms with Crippen LogP contribution in [0.3, 0.4) is 0 Å². The van der Waals surface area contributed by atoms with Gasteiger partial charge in [-0.3, -0.25) is 5.32 Å². The van der Waals surface area contributed by atoms with Crippen LogP contribution < -0.4 is 15.4 Å². The fourth-order valence-electron chi connectivity index (χ4n) is 1.69. The number of anilines is 1. The van der Waals surface area contributed by atoms with Crippen LogP contribution in [0.25, 0.3) is 0 Å². The van der Waals surface area contributed by atoms with Gasteiger partial charge in [-0.25, -0.2) is 9.78 Å². The second-order valence-electron chi connectivity index (χ2n) is 4.45.